The van der Waals surface area contributed by atoms with Crippen LogP contribution in [-0.4, -0.2) is 56.9 Å². The molecule has 0 saturated carbocycles. The van der Waals surface area contributed by atoms with Gasteiger partial charge >= 0.3 is 0 Å². The van der Waals surface area contributed by atoms with Gasteiger partial charge in [-0.3, -0.25) is 9.88 Å². The van der Waals surface area contributed by atoms with Crippen LogP contribution in [0, 0.1) is 5.92 Å². The van der Waals surface area contributed by atoms with Gasteiger partial charge < -0.3 is 15.6 Å². The van der Waals surface area contributed by atoms with Gasteiger partial charge in [0.15, 0.2) is 0 Å². The molecule has 1 fully saturated rings. The van der Waals surface area contributed by atoms with E-state index in [2.05, 4.69) is 37.5 Å². The third-order valence-corrected chi connectivity index (χ3v) is 5.93. The molecule has 23 heavy (non-hydrogen) atoms. The molecule has 0 aliphatic carbocycles. The number of alkyl halides is 1. The Labute approximate surface area is 149 Å². The molecular formula is C16H21IN4O2. The second-order valence-corrected chi connectivity index (χ2v) is 7.07. The molecule has 2 aromatic rings. The molecule has 0 radical (unpaired) electrons. The highest BCUT2D eigenvalue weighted by molar-refractivity contribution is 14.1. The molecule has 3 rings (SSSR count). The lowest BCUT2D eigenvalue weighted by Crippen LogP contribution is -2.31. The molecule has 7 heteroatoms. The Morgan fingerprint density at radius 1 is 1.43 bits per heavy atom. The molecule has 3 heterocycles. The number of fused-ring (bicyclic) bond motifs is 1. The highest BCUT2D eigenvalue weighted by atomic mass is 127. The minimum Gasteiger partial charge on any atom is -0.481 e. The second-order valence-electron chi connectivity index (χ2n) is 5.80. The molecule has 1 unspecified atom stereocenters. The second kappa shape index (κ2) is 7.25. The maximum Gasteiger partial charge on any atom is 0.213 e. The lowest BCUT2D eigenvalue weighted by molar-refractivity contribution is 0.138. The van der Waals surface area contributed by atoms with Crippen molar-refractivity contribution in [2.45, 2.75) is 16.6 Å². The Kier molecular flexibility index (Phi) is 5.30. The van der Waals surface area contributed by atoms with E-state index in [1.165, 1.54) is 0 Å². The summed E-state index contributed by atoms with van der Waals surface area (Å²) in [5, 5.41) is 10.2. The van der Waals surface area contributed by atoms with Gasteiger partial charge in [0.2, 0.25) is 5.88 Å². The van der Waals surface area contributed by atoms with Crippen LogP contribution in [0.4, 0.5) is 0 Å². The van der Waals surface area contributed by atoms with Crippen LogP contribution in [0.2, 0.25) is 0 Å². The van der Waals surface area contributed by atoms with Gasteiger partial charge in [-0.1, -0.05) is 22.6 Å². The summed E-state index contributed by atoms with van der Waals surface area (Å²) in [4.78, 5) is 11.2. The van der Waals surface area contributed by atoms with E-state index >= 15 is 0 Å². The first kappa shape index (κ1) is 16.8. The SMILES string of the molecule is COc1ccc2nccc(CCN3C[C@H](CN)[C@H](O)C3I)c2n1. The summed E-state index contributed by atoms with van der Waals surface area (Å²) < 4.78 is 5.33. The molecule has 3 N–H and O–H groups in total. The number of pyridine rings is 2. The molecule has 1 aliphatic heterocycles. The van der Waals surface area contributed by atoms with Crippen LogP contribution in [0.15, 0.2) is 24.4 Å². The highest BCUT2D eigenvalue weighted by Crippen LogP contribution is 2.28. The first-order valence-electron chi connectivity index (χ1n) is 7.69. The van der Waals surface area contributed by atoms with Crippen LogP contribution >= 0.6 is 22.6 Å². The van der Waals surface area contributed by atoms with Gasteiger partial charge in [0.05, 0.1) is 28.3 Å². The predicted octanol–water partition coefficient (Wildman–Crippen LogP) is 1.19. The maximum atomic E-state index is 10.2. The number of aliphatic hydroxyl groups is 1. The van der Waals surface area contributed by atoms with E-state index in [0.717, 1.165) is 36.1 Å². The fraction of sp³-hybridized carbons (Fsp3) is 0.500. The number of halogens is 1. The van der Waals surface area contributed by atoms with Crippen molar-refractivity contribution in [3.8, 4) is 5.88 Å². The number of rotatable bonds is 5. The van der Waals surface area contributed by atoms with Crippen LogP contribution in [0.5, 0.6) is 5.88 Å². The van der Waals surface area contributed by atoms with E-state index in [9.17, 15) is 5.11 Å². The molecule has 2 aromatic heterocycles. The molecule has 1 aliphatic rings. The summed E-state index contributed by atoms with van der Waals surface area (Å²) in [7, 11) is 1.61. The zero-order valence-corrected chi connectivity index (χ0v) is 15.2. The number of nitrogens with two attached hydrogens (primary N) is 1. The van der Waals surface area contributed by atoms with E-state index in [0.29, 0.717) is 12.4 Å². The summed E-state index contributed by atoms with van der Waals surface area (Å²) in [6.07, 6.45) is 2.31. The Bertz CT molecular complexity index is 684. The predicted molar refractivity (Wildman–Crippen MR) is 97.7 cm³/mol. The van der Waals surface area contributed by atoms with Crippen molar-refractivity contribution >= 4 is 33.6 Å². The fourth-order valence-electron chi connectivity index (χ4n) is 3.02. The standard InChI is InChI=1S/C16H21IN4O2/c1-23-13-3-2-12-14(20-13)10(4-6-19-12)5-7-21-9-11(8-18)15(22)16(21)17/h2-4,6,11,15-16,22H,5,7-9,18H2,1H3/t11-,15-,16?/m0/s1. The van der Waals surface area contributed by atoms with Gasteiger partial charge in [-0.25, -0.2) is 4.98 Å². The normalized spacial score (nSPS) is 25.1. The topological polar surface area (TPSA) is 84.5 Å². The third kappa shape index (κ3) is 3.42. The molecule has 0 amide bonds. The fourth-order valence-corrected chi connectivity index (χ4v) is 4.11. The monoisotopic (exact) mass is 428 g/mol. The molecule has 3 atom stereocenters. The minimum absolute atomic E-state index is 0.108. The largest absolute Gasteiger partial charge is 0.481 e. The number of aliphatic hydroxyl groups excluding tert-OH is 1. The van der Waals surface area contributed by atoms with Crippen LogP contribution in [0.25, 0.3) is 11.0 Å². The van der Waals surface area contributed by atoms with Crippen molar-refractivity contribution < 1.29 is 9.84 Å². The smallest absolute Gasteiger partial charge is 0.213 e. The Balaban J connectivity index is 1.77. The van der Waals surface area contributed by atoms with Crippen molar-refractivity contribution in [3.05, 3.63) is 30.0 Å². The van der Waals surface area contributed by atoms with Gasteiger partial charge in [-0.15, -0.1) is 0 Å². The first-order valence-corrected chi connectivity index (χ1v) is 8.93. The molecule has 0 spiro atoms. The number of ether oxygens (including phenoxy) is 1. The maximum absolute atomic E-state index is 10.2. The van der Waals surface area contributed by atoms with E-state index in [1.807, 2.05) is 24.4 Å². The molecule has 6 nitrogen and oxygen atoms in total. The van der Waals surface area contributed by atoms with Crippen LogP contribution in [0.3, 0.4) is 0 Å². The van der Waals surface area contributed by atoms with Gasteiger partial charge in [0, 0.05) is 31.3 Å². The number of hydrogen-bond acceptors (Lipinski definition) is 6. The quantitative estimate of drug-likeness (QED) is 0.423. The lowest BCUT2D eigenvalue weighted by Gasteiger charge is -2.20. The van der Waals surface area contributed by atoms with Crippen LogP contribution < -0.4 is 10.5 Å². The van der Waals surface area contributed by atoms with Gasteiger partial charge in [0.25, 0.3) is 0 Å². The van der Waals surface area contributed by atoms with Gasteiger partial charge in [0.1, 0.15) is 0 Å². The van der Waals surface area contributed by atoms with Crippen LogP contribution in [0.1, 0.15) is 5.56 Å². The average molecular weight is 428 g/mol. The minimum atomic E-state index is -0.354. The van der Waals surface area contributed by atoms with Crippen molar-refractivity contribution in [2.75, 3.05) is 26.7 Å². The van der Waals surface area contributed by atoms with Gasteiger partial charge in [-0.05, 0) is 30.7 Å². The van der Waals surface area contributed by atoms with Crippen molar-refractivity contribution in [1.29, 1.82) is 0 Å². The molecule has 0 aromatic carbocycles. The summed E-state index contributed by atoms with van der Waals surface area (Å²) in [5.74, 6) is 0.752. The number of methoxy groups -OCH3 is 1. The average Bonchev–Trinajstić information content (AvgIpc) is 2.87. The van der Waals surface area contributed by atoms with E-state index < -0.39 is 0 Å². The zero-order valence-electron chi connectivity index (χ0n) is 13.0. The summed E-state index contributed by atoms with van der Waals surface area (Å²) in [5.41, 5.74) is 8.63. The van der Waals surface area contributed by atoms with Gasteiger partial charge in [-0.2, -0.15) is 0 Å². The zero-order chi connectivity index (χ0) is 16.4. The number of aromatic nitrogens is 2. The number of hydrogen-bond donors (Lipinski definition) is 2. The van der Waals surface area contributed by atoms with Crippen molar-refractivity contribution in [3.63, 3.8) is 0 Å². The highest BCUT2D eigenvalue weighted by Gasteiger charge is 2.37. The summed E-state index contributed by atoms with van der Waals surface area (Å²) in [6.45, 7) is 2.22. The lowest BCUT2D eigenvalue weighted by atomic mass is 10.1. The van der Waals surface area contributed by atoms with E-state index in [-0.39, 0.29) is 16.1 Å². The van der Waals surface area contributed by atoms with Crippen molar-refractivity contribution in [2.24, 2.45) is 11.7 Å². The molecule has 124 valence electrons. The molecule has 1 saturated heterocycles. The Morgan fingerprint density at radius 3 is 2.96 bits per heavy atom. The van der Waals surface area contributed by atoms with E-state index in [1.54, 1.807) is 7.11 Å². The summed E-state index contributed by atoms with van der Waals surface area (Å²) >= 11 is 2.30. The molecular weight excluding hydrogens is 407 g/mol. The Hall–Kier alpha value is -1.03. The first-order chi connectivity index (χ1) is 11.1. The number of likely N-dealkylation sites (tertiary alicyclic amines) is 1. The van der Waals surface area contributed by atoms with E-state index in [4.69, 9.17) is 10.5 Å². The Morgan fingerprint density at radius 2 is 2.26 bits per heavy atom. The molecule has 0 bridgehead atoms. The number of nitrogens with zero attached hydrogens (tertiary/aromatic N) is 3. The van der Waals surface area contributed by atoms with Crippen molar-refractivity contribution in [1.82, 2.24) is 14.9 Å². The van der Waals surface area contributed by atoms with Crippen LogP contribution in [-0.2, 0) is 6.42 Å². The summed E-state index contributed by atoms with van der Waals surface area (Å²) in [6, 6.07) is 5.75. The third-order valence-electron chi connectivity index (χ3n) is 4.40.